The normalized spacial score (nSPS) is 20.1. The van der Waals surface area contributed by atoms with Crippen LogP contribution in [0.15, 0.2) is 42.6 Å². The van der Waals surface area contributed by atoms with E-state index in [0.29, 0.717) is 36.6 Å². The van der Waals surface area contributed by atoms with E-state index in [4.69, 9.17) is 4.98 Å². The molecule has 168 valence electrons. The van der Waals surface area contributed by atoms with Crippen LogP contribution in [0, 0.1) is 0 Å². The number of rotatable bonds is 6. The Morgan fingerprint density at radius 3 is 2.70 bits per heavy atom. The number of carbonyl (C=O) groups is 1. The summed E-state index contributed by atoms with van der Waals surface area (Å²) < 4.78 is 1.84. The Labute approximate surface area is 191 Å². The van der Waals surface area contributed by atoms with Gasteiger partial charge >= 0.3 is 0 Å². The number of benzene rings is 2. The van der Waals surface area contributed by atoms with Crippen molar-refractivity contribution in [3.8, 4) is 11.4 Å². The summed E-state index contributed by atoms with van der Waals surface area (Å²) in [6.07, 6.45) is 6.06. The molecule has 0 aliphatic heterocycles. The summed E-state index contributed by atoms with van der Waals surface area (Å²) in [5.74, 6) is 2.05. The number of carbonyl (C=O) groups excluding carboxylic acids is 1. The van der Waals surface area contributed by atoms with Crippen molar-refractivity contribution in [3.63, 3.8) is 0 Å². The van der Waals surface area contributed by atoms with Crippen molar-refractivity contribution < 1.29 is 9.90 Å². The summed E-state index contributed by atoms with van der Waals surface area (Å²) in [5.41, 5.74) is 5.22. The third-order valence-electron chi connectivity index (χ3n) is 6.80. The van der Waals surface area contributed by atoms with Gasteiger partial charge in [0.15, 0.2) is 5.82 Å². The van der Waals surface area contributed by atoms with Crippen molar-refractivity contribution in [3.05, 3.63) is 65.1 Å². The van der Waals surface area contributed by atoms with Gasteiger partial charge in [0.25, 0.3) is 5.91 Å². The van der Waals surface area contributed by atoms with Gasteiger partial charge in [-0.15, -0.1) is 0 Å². The molecule has 0 bridgehead atoms. The molecule has 2 aromatic carbocycles. The van der Waals surface area contributed by atoms with Crippen molar-refractivity contribution >= 4 is 16.8 Å². The fraction of sp³-hybridized carbons (Fsp3) is 0.360. The molecule has 0 unspecified atom stereocenters. The van der Waals surface area contributed by atoms with Gasteiger partial charge in [-0.05, 0) is 60.9 Å². The molecule has 0 spiro atoms. The maximum atomic E-state index is 12.4. The first-order valence-corrected chi connectivity index (χ1v) is 11.5. The van der Waals surface area contributed by atoms with Crippen LogP contribution in [-0.2, 0) is 13.5 Å². The number of hydrogen-bond donors (Lipinski definition) is 3. The molecule has 2 aliphatic rings. The average molecular weight is 443 g/mol. The summed E-state index contributed by atoms with van der Waals surface area (Å²) >= 11 is 0. The minimum Gasteiger partial charge on any atom is -0.393 e. The van der Waals surface area contributed by atoms with Crippen LogP contribution in [0.2, 0.25) is 0 Å². The lowest BCUT2D eigenvalue weighted by molar-refractivity contribution is 0.0562. The zero-order chi connectivity index (χ0) is 22.5. The van der Waals surface area contributed by atoms with E-state index in [1.807, 2.05) is 30.1 Å². The Hall–Kier alpha value is -3.52. The molecule has 3 N–H and O–H groups in total. The molecule has 1 amide bonds. The van der Waals surface area contributed by atoms with Gasteiger partial charge < -0.3 is 10.4 Å². The number of nitrogens with one attached hydrogen (secondary N) is 2. The molecule has 2 fully saturated rings. The molecular weight excluding hydrogens is 416 g/mol. The molecule has 33 heavy (non-hydrogen) atoms. The second kappa shape index (κ2) is 7.81. The van der Waals surface area contributed by atoms with Crippen LogP contribution in [-0.4, -0.2) is 48.1 Å². The number of aromatic amines is 1. The Bertz CT molecular complexity index is 1330. The third-order valence-corrected chi connectivity index (χ3v) is 6.80. The topological polar surface area (TPSA) is 109 Å². The summed E-state index contributed by atoms with van der Waals surface area (Å²) in [6.45, 7) is 0. The smallest absolute Gasteiger partial charge is 0.251 e. The van der Waals surface area contributed by atoms with Gasteiger partial charge in [-0.25, -0.2) is 4.98 Å². The predicted octanol–water partition coefficient (Wildman–Crippen LogP) is 3.08. The van der Waals surface area contributed by atoms with Crippen LogP contribution in [0.3, 0.4) is 0 Å². The van der Waals surface area contributed by atoms with E-state index in [2.05, 4.69) is 32.7 Å². The van der Waals surface area contributed by atoms with E-state index < -0.39 is 0 Å². The SMILES string of the molecule is Cn1nc(-c2ccc(C(=O)NC3CC(O)C3)cc2)nc1Cc1ccc2[nH]ncc2c1C1CC1. The second-order valence-electron chi connectivity index (χ2n) is 9.27. The number of amides is 1. The van der Waals surface area contributed by atoms with E-state index >= 15 is 0 Å². The monoisotopic (exact) mass is 442 g/mol. The fourth-order valence-electron chi connectivity index (χ4n) is 4.70. The average Bonchev–Trinajstić information content (AvgIpc) is 3.40. The molecule has 2 aliphatic carbocycles. The highest BCUT2D eigenvalue weighted by molar-refractivity contribution is 5.94. The highest BCUT2D eigenvalue weighted by Gasteiger charge is 2.29. The van der Waals surface area contributed by atoms with Gasteiger partial charge in [0, 0.05) is 36.0 Å². The first-order valence-electron chi connectivity index (χ1n) is 11.5. The van der Waals surface area contributed by atoms with Crippen molar-refractivity contribution in [2.24, 2.45) is 7.05 Å². The molecular formula is C25H26N6O2. The molecule has 2 aromatic heterocycles. The number of H-pyrrole nitrogens is 1. The molecule has 8 nitrogen and oxygen atoms in total. The lowest BCUT2D eigenvalue weighted by Crippen LogP contribution is -2.46. The lowest BCUT2D eigenvalue weighted by atomic mass is 9.89. The van der Waals surface area contributed by atoms with Crippen molar-refractivity contribution in [1.29, 1.82) is 0 Å². The number of nitrogens with zero attached hydrogens (tertiary/aromatic N) is 4. The molecule has 2 saturated carbocycles. The van der Waals surface area contributed by atoms with Gasteiger partial charge in [-0.2, -0.15) is 10.2 Å². The summed E-state index contributed by atoms with van der Waals surface area (Å²) in [4.78, 5) is 17.2. The third kappa shape index (κ3) is 3.80. The predicted molar refractivity (Wildman–Crippen MR) is 124 cm³/mol. The van der Waals surface area contributed by atoms with Crippen LogP contribution in [0.25, 0.3) is 22.3 Å². The summed E-state index contributed by atoms with van der Waals surface area (Å²) in [6, 6.07) is 11.7. The molecule has 4 aromatic rings. The highest BCUT2D eigenvalue weighted by atomic mass is 16.3. The number of aliphatic hydroxyl groups excluding tert-OH is 1. The van der Waals surface area contributed by atoms with Crippen molar-refractivity contribution in [1.82, 2.24) is 30.3 Å². The minimum absolute atomic E-state index is 0.0639. The Morgan fingerprint density at radius 1 is 1.18 bits per heavy atom. The molecule has 0 saturated heterocycles. The molecule has 8 heteroatoms. The maximum absolute atomic E-state index is 12.4. The Morgan fingerprint density at radius 2 is 1.97 bits per heavy atom. The Kier molecular flexibility index (Phi) is 4.76. The quantitative estimate of drug-likeness (QED) is 0.425. The fourth-order valence-corrected chi connectivity index (χ4v) is 4.70. The van der Waals surface area contributed by atoms with E-state index in [1.165, 1.54) is 29.4 Å². The first-order chi connectivity index (χ1) is 16.0. The summed E-state index contributed by atoms with van der Waals surface area (Å²) in [7, 11) is 1.92. The number of hydrogen-bond acceptors (Lipinski definition) is 5. The van der Waals surface area contributed by atoms with Crippen LogP contribution in [0.1, 0.15) is 58.9 Å². The largest absolute Gasteiger partial charge is 0.393 e. The van der Waals surface area contributed by atoms with Crippen LogP contribution in [0.4, 0.5) is 0 Å². The standard InChI is InChI=1S/C25H26N6O2/c1-31-22(10-17-8-9-21-20(13-26-29-21)23(17)14-2-3-14)28-24(30-31)15-4-6-16(7-5-15)25(33)27-18-11-19(32)12-18/h4-9,13-14,18-19,32H,2-3,10-12H2,1H3,(H,26,29)(H,27,33). The maximum Gasteiger partial charge on any atom is 0.251 e. The molecule has 6 rings (SSSR count). The molecule has 2 heterocycles. The van der Waals surface area contributed by atoms with Crippen LogP contribution < -0.4 is 5.32 Å². The van der Waals surface area contributed by atoms with Gasteiger partial charge in [-0.1, -0.05) is 18.2 Å². The second-order valence-corrected chi connectivity index (χ2v) is 9.27. The highest BCUT2D eigenvalue weighted by Crippen LogP contribution is 2.45. The number of aromatic nitrogens is 5. The van der Waals surface area contributed by atoms with E-state index in [9.17, 15) is 9.90 Å². The lowest BCUT2D eigenvalue weighted by Gasteiger charge is -2.31. The number of aryl methyl sites for hydroxylation is 1. The van der Waals surface area contributed by atoms with E-state index in [1.54, 1.807) is 12.1 Å². The summed E-state index contributed by atoms with van der Waals surface area (Å²) in [5, 5.41) is 25.5. The first kappa shape index (κ1) is 20.1. The van der Waals surface area contributed by atoms with Gasteiger partial charge in [0.05, 0.1) is 17.8 Å². The van der Waals surface area contributed by atoms with Gasteiger partial charge in [0.2, 0.25) is 0 Å². The van der Waals surface area contributed by atoms with E-state index in [-0.39, 0.29) is 18.1 Å². The number of aliphatic hydroxyl groups is 1. The zero-order valence-corrected chi connectivity index (χ0v) is 18.5. The van der Waals surface area contributed by atoms with Crippen LogP contribution >= 0.6 is 0 Å². The van der Waals surface area contributed by atoms with Crippen LogP contribution in [0.5, 0.6) is 0 Å². The van der Waals surface area contributed by atoms with Gasteiger partial charge in [-0.3, -0.25) is 14.6 Å². The molecule has 0 radical (unpaired) electrons. The number of fused-ring (bicyclic) bond motifs is 1. The molecule has 0 atom stereocenters. The van der Waals surface area contributed by atoms with E-state index in [0.717, 1.165) is 16.9 Å². The van der Waals surface area contributed by atoms with Gasteiger partial charge in [0.1, 0.15) is 5.82 Å². The van der Waals surface area contributed by atoms with Crippen molar-refractivity contribution in [2.45, 2.75) is 50.2 Å². The van der Waals surface area contributed by atoms with Crippen molar-refractivity contribution in [2.75, 3.05) is 0 Å². The zero-order valence-electron chi connectivity index (χ0n) is 18.5. The minimum atomic E-state index is -0.288. The Balaban J connectivity index is 1.22.